The lowest BCUT2D eigenvalue weighted by molar-refractivity contribution is 0.0957. The fraction of sp³-hybridized carbons (Fsp3) is 0.444. The molecule has 0 fully saturated rings. The molecule has 0 saturated heterocycles. The first-order valence-electron chi connectivity index (χ1n) is 4.42. The second-order valence-corrected chi connectivity index (χ2v) is 4.53. The average Bonchev–Trinajstić information content (AvgIpc) is 2.59. The van der Waals surface area contributed by atoms with Gasteiger partial charge in [-0.25, -0.2) is 0 Å². The molecule has 0 saturated carbocycles. The van der Waals surface area contributed by atoms with Crippen LogP contribution in [0.25, 0.3) is 0 Å². The van der Waals surface area contributed by atoms with Gasteiger partial charge in [-0.1, -0.05) is 11.6 Å². The summed E-state index contributed by atoms with van der Waals surface area (Å²) in [5.41, 5.74) is 0. The van der Waals surface area contributed by atoms with E-state index in [0.29, 0.717) is 15.8 Å². The number of hydrogen-bond acceptors (Lipinski definition) is 3. The van der Waals surface area contributed by atoms with Gasteiger partial charge in [-0.2, -0.15) is 0 Å². The summed E-state index contributed by atoms with van der Waals surface area (Å²) in [4.78, 5) is 12.1. The lowest BCUT2D eigenvalue weighted by Gasteiger charge is -2.02. The lowest BCUT2D eigenvalue weighted by Crippen LogP contribution is -2.25. The summed E-state index contributed by atoms with van der Waals surface area (Å²) >= 11 is 7.01. The number of amides is 1. The van der Waals surface area contributed by atoms with Gasteiger partial charge in [-0.15, -0.1) is 11.3 Å². The molecule has 0 aliphatic rings. The zero-order chi connectivity index (χ0) is 10.4. The van der Waals surface area contributed by atoms with Crippen molar-refractivity contribution in [3.05, 3.63) is 21.3 Å². The fourth-order valence-electron chi connectivity index (χ4n) is 0.991. The zero-order valence-corrected chi connectivity index (χ0v) is 9.54. The van der Waals surface area contributed by atoms with E-state index in [-0.39, 0.29) is 5.91 Å². The third kappa shape index (κ3) is 3.65. The average molecular weight is 233 g/mol. The highest BCUT2D eigenvalue weighted by Gasteiger charge is 2.06. The van der Waals surface area contributed by atoms with Gasteiger partial charge < -0.3 is 10.6 Å². The van der Waals surface area contributed by atoms with E-state index in [1.807, 2.05) is 7.05 Å². The summed E-state index contributed by atoms with van der Waals surface area (Å²) in [6.45, 7) is 1.60. The topological polar surface area (TPSA) is 41.1 Å². The summed E-state index contributed by atoms with van der Waals surface area (Å²) in [6.07, 6.45) is 0.932. The van der Waals surface area contributed by atoms with Gasteiger partial charge in [0.1, 0.15) is 0 Å². The van der Waals surface area contributed by atoms with Crippen LogP contribution in [-0.2, 0) is 0 Å². The predicted octanol–water partition coefficient (Wildman–Crippen LogP) is 1.74. The number of thiophene rings is 1. The molecule has 3 nitrogen and oxygen atoms in total. The molecule has 14 heavy (non-hydrogen) atoms. The molecule has 1 heterocycles. The zero-order valence-electron chi connectivity index (χ0n) is 7.97. The first-order chi connectivity index (χ1) is 6.74. The summed E-state index contributed by atoms with van der Waals surface area (Å²) in [5.74, 6) is -0.0435. The van der Waals surface area contributed by atoms with Crippen LogP contribution in [0, 0.1) is 0 Å². The Kier molecular flexibility index (Phi) is 4.93. The minimum absolute atomic E-state index is 0.0435. The van der Waals surface area contributed by atoms with Crippen LogP contribution in [0.15, 0.2) is 12.1 Å². The molecule has 1 rings (SSSR count). The van der Waals surface area contributed by atoms with Crippen LogP contribution in [0.5, 0.6) is 0 Å². The number of rotatable bonds is 5. The first kappa shape index (κ1) is 11.5. The van der Waals surface area contributed by atoms with Crippen molar-refractivity contribution < 1.29 is 4.79 Å². The summed E-state index contributed by atoms with van der Waals surface area (Å²) in [5, 5.41) is 5.84. The summed E-state index contributed by atoms with van der Waals surface area (Å²) in [7, 11) is 1.89. The van der Waals surface area contributed by atoms with Crippen molar-refractivity contribution in [2.75, 3.05) is 20.1 Å². The van der Waals surface area contributed by atoms with Crippen LogP contribution >= 0.6 is 22.9 Å². The van der Waals surface area contributed by atoms with Crippen LogP contribution in [0.2, 0.25) is 4.34 Å². The maximum Gasteiger partial charge on any atom is 0.261 e. The van der Waals surface area contributed by atoms with Gasteiger partial charge in [0, 0.05) is 6.54 Å². The van der Waals surface area contributed by atoms with Crippen molar-refractivity contribution in [3.8, 4) is 0 Å². The smallest absolute Gasteiger partial charge is 0.261 e. The highest BCUT2D eigenvalue weighted by Crippen LogP contribution is 2.20. The monoisotopic (exact) mass is 232 g/mol. The van der Waals surface area contributed by atoms with Gasteiger partial charge >= 0.3 is 0 Å². The largest absolute Gasteiger partial charge is 0.351 e. The minimum atomic E-state index is -0.0435. The molecule has 0 radical (unpaired) electrons. The van der Waals surface area contributed by atoms with E-state index in [2.05, 4.69) is 10.6 Å². The number of halogens is 1. The number of hydrogen-bond donors (Lipinski definition) is 2. The van der Waals surface area contributed by atoms with Crippen molar-refractivity contribution in [2.24, 2.45) is 0 Å². The van der Waals surface area contributed by atoms with Crippen molar-refractivity contribution in [3.63, 3.8) is 0 Å². The standard InChI is InChI=1S/C9H13ClN2OS/c1-11-5-2-6-12-9(13)7-3-4-8(10)14-7/h3-4,11H,2,5-6H2,1H3,(H,12,13). The van der Waals surface area contributed by atoms with Gasteiger partial charge in [-0.3, -0.25) is 4.79 Å². The SMILES string of the molecule is CNCCCNC(=O)c1ccc(Cl)s1. The number of carbonyl (C=O) groups is 1. The normalized spacial score (nSPS) is 10.1. The Labute approximate surface area is 92.5 Å². The van der Waals surface area contributed by atoms with Crippen molar-refractivity contribution in [2.45, 2.75) is 6.42 Å². The predicted molar refractivity (Wildman–Crippen MR) is 60.2 cm³/mol. The Balaban J connectivity index is 2.29. The van der Waals surface area contributed by atoms with Crippen LogP contribution in [0.3, 0.4) is 0 Å². The fourth-order valence-corrected chi connectivity index (χ4v) is 1.95. The van der Waals surface area contributed by atoms with Gasteiger partial charge in [0.05, 0.1) is 9.21 Å². The molecule has 0 bridgehead atoms. The van der Waals surface area contributed by atoms with Crippen LogP contribution < -0.4 is 10.6 Å². The van der Waals surface area contributed by atoms with Crippen molar-refractivity contribution in [1.82, 2.24) is 10.6 Å². The Morgan fingerprint density at radius 2 is 2.29 bits per heavy atom. The Hall–Kier alpha value is -0.580. The molecule has 5 heteroatoms. The third-order valence-corrected chi connectivity index (χ3v) is 2.92. The summed E-state index contributed by atoms with van der Waals surface area (Å²) in [6, 6.07) is 3.47. The van der Waals surface area contributed by atoms with Crippen LogP contribution in [-0.4, -0.2) is 26.0 Å². The van der Waals surface area contributed by atoms with Crippen molar-refractivity contribution in [1.29, 1.82) is 0 Å². The molecular weight excluding hydrogens is 220 g/mol. The Morgan fingerprint density at radius 3 is 2.86 bits per heavy atom. The van der Waals surface area contributed by atoms with E-state index < -0.39 is 0 Å². The van der Waals surface area contributed by atoms with E-state index in [1.165, 1.54) is 11.3 Å². The summed E-state index contributed by atoms with van der Waals surface area (Å²) < 4.78 is 0.644. The maximum atomic E-state index is 11.4. The molecule has 0 atom stereocenters. The quantitative estimate of drug-likeness (QED) is 0.760. The van der Waals surface area contributed by atoms with Gasteiger partial charge in [0.2, 0.25) is 0 Å². The minimum Gasteiger partial charge on any atom is -0.351 e. The molecule has 1 aromatic heterocycles. The highest BCUT2D eigenvalue weighted by atomic mass is 35.5. The third-order valence-electron chi connectivity index (χ3n) is 1.69. The Morgan fingerprint density at radius 1 is 1.50 bits per heavy atom. The molecular formula is C9H13ClN2OS. The van der Waals surface area contributed by atoms with E-state index in [4.69, 9.17) is 11.6 Å². The first-order valence-corrected chi connectivity index (χ1v) is 5.61. The van der Waals surface area contributed by atoms with Crippen LogP contribution in [0.1, 0.15) is 16.1 Å². The van der Waals surface area contributed by atoms with Crippen molar-refractivity contribution >= 4 is 28.8 Å². The van der Waals surface area contributed by atoms with E-state index in [9.17, 15) is 4.79 Å². The van der Waals surface area contributed by atoms with Crippen LogP contribution in [0.4, 0.5) is 0 Å². The second kappa shape index (κ2) is 6.01. The van der Waals surface area contributed by atoms with Gasteiger partial charge in [-0.05, 0) is 32.1 Å². The molecule has 1 aromatic rings. The van der Waals surface area contributed by atoms with E-state index in [0.717, 1.165) is 13.0 Å². The molecule has 0 unspecified atom stereocenters. The lowest BCUT2D eigenvalue weighted by atomic mass is 10.4. The molecule has 0 aromatic carbocycles. The van der Waals surface area contributed by atoms with Gasteiger partial charge in [0.25, 0.3) is 5.91 Å². The second-order valence-electron chi connectivity index (χ2n) is 2.82. The number of nitrogens with one attached hydrogen (secondary N) is 2. The van der Waals surface area contributed by atoms with E-state index in [1.54, 1.807) is 12.1 Å². The van der Waals surface area contributed by atoms with E-state index >= 15 is 0 Å². The number of carbonyl (C=O) groups excluding carboxylic acids is 1. The Bertz CT molecular complexity index is 301. The molecule has 78 valence electrons. The molecule has 0 aliphatic carbocycles. The molecule has 0 aliphatic heterocycles. The molecule has 1 amide bonds. The highest BCUT2D eigenvalue weighted by molar-refractivity contribution is 7.17. The molecule has 2 N–H and O–H groups in total. The molecule has 0 spiro atoms. The maximum absolute atomic E-state index is 11.4. The van der Waals surface area contributed by atoms with Gasteiger partial charge in [0.15, 0.2) is 0 Å².